The summed E-state index contributed by atoms with van der Waals surface area (Å²) >= 11 is 0. The molecule has 150 valence electrons. The minimum absolute atomic E-state index is 0.589. The monoisotopic (exact) mass is 390 g/mol. The second kappa shape index (κ2) is 10.3. The van der Waals surface area contributed by atoms with Crippen molar-refractivity contribution in [2.45, 2.75) is 19.3 Å². The summed E-state index contributed by atoms with van der Waals surface area (Å²) in [4.78, 5) is 9.11. The van der Waals surface area contributed by atoms with Crippen LogP contribution in [0.3, 0.4) is 0 Å². The first-order valence-electron chi connectivity index (χ1n) is 9.65. The number of unbranched alkanes of at least 4 members (excludes halogenated alkanes) is 2. The molecule has 1 aromatic heterocycles. The van der Waals surface area contributed by atoms with E-state index in [1.165, 1.54) is 0 Å². The summed E-state index contributed by atoms with van der Waals surface area (Å²) < 4.78 is 17.1. The molecular weight excluding hydrogens is 364 g/mol. The molecule has 0 radical (unpaired) electrons. The zero-order chi connectivity index (χ0) is 20.5. The first kappa shape index (κ1) is 20.4. The average Bonchev–Trinajstić information content (AvgIpc) is 2.79. The van der Waals surface area contributed by atoms with Crippen LogP contribution in [0.5, 0.6) is 17.2 Å². The van der Waals surface area contributed by atoms with Gasteiger partial charge >= 0.3 is 0 Å². The summed E-state index contributed by atoms with van der Waals surface area (Å²) in [6.45, 7) is 4.33. The lowest BCUT2D eigenvalue weighted by molar-refractivity contribution is 0.269. The van der Waals surface area contributed by atoms with Gasteiger partial charge in [-0.05, 0) is 37.5 Å². The summed E-state index contributed by atoms with van der Waals surface area (Å²) in [6.07, 6.45) is 6.63. The van der Waals surface area contributed by atoms with Gasteiger partial charge in [-0.15, -0.1) is 6.58 Å². The van der Waals surface area contributed by atoms with Gasteiger partial charge in [-0.3, -0.25) is 0 Å². The quantitative estimate of drug-likeness (QED) is 0.335. The molecule has 1 heterocycles. The Morgan fingerprint density at radius 1 is 0.931 bits per heavy atom. The maximum Gasteiger partial charge on any atom is 0.203 e. The van der Waals surface area contributed by atoms with Crippen LogP contribution in [0.15, 0.2) is 67.4 Å². The number of allylic oxidation sites excluding steroid dienone is 1. The predicted octanol–water partition coefficient (Wildman–Crippen LogP) is 5.56. The molecule has 3 aromatic rings. The minimum atomic E-state index is 0.589. The van der Waals surface area contributed by atoms with Crippen LogP contribution < -0.4 is 14.2 Å². The van der Waals surface area contributed by atoms with Gasteiger partial charge in [-0.2, -0.15) is 0 Å². The van der Waals surface area contributed by atoms with Gasteiger partial charge in [-0.25, -0.2) is 9.97 Å². The van der Waals surface area contributed by atoms with E-state index < -0.39 is 0 Å². The number of hydrogen-bond donors (Lipinski definition) is 0. The summed E-state index contributed by atoms with van der Waals surface area (Å²) in [5.41, 5.74) is 2.62. The zero-order valence-electron chi connectivity index (χ0n) is 16.9. The fourth-order valence-corrected chi connectivity index (χ4v) is 2.98. The Balaban J connectivity index is 1.89. The summed E-state index contributed by atoms with van der Waals surface area (Å²) in [5, 5.41) is 0. The number of aromatic nitrogens is 2. The van der Waals surface area contributed by atoms with E-state index >= 15 is 0 Å². The van der Waals surface area contributed by atoms with Crippen LogP contribution in [0.25, 0.3) is 22.6 Å². The van der Waals surface area contributed by atoms with Crippen molar-refractivity contribution in [3.63, 3.8) is 0 Å². The lowest BCUT2D eigenvalue weighted by Crippen LogP contribution is -2.02. The van der Waals surface area contributed by atoms with E-state index in [0.717, 1.165) is 36.1 Å². The molecule has 0 N–H and O–H groups in total. The third-order valence-electron chi connectivity index (χ3n) is 4.49. The number of methoxy groups -OCH3 is 2. The van der Waals surface area contributed by atoms with Crippen molar-refractivity contribution in [1.29, 1.82) is 0 Å². The molecule has 0 fully saturated rings. The molecular formula is C24H26N2O3. The van der Waals surface area contributed by atoms with E-state index in [1.807, 2.05) is 54.6 Å². The van der Waals surface area contributed by atoms with Crippen LogP contribution in [-0.2, 0) is 0 Å². The number of rotatable bonds is 10. The van der Waals surface area contributed by atoms with Gasteiger partial charge in [0, 0.05) is 17.3 Å². The van der Waals surface area contributed by atoms with Crippen LogP contribution in [0.1, 0.15) is 19.3 Å². The molecule has 0 aliphatic rings. The van der Waals surface area contributed by atoms with Gasteiger partial charge in [-0.1, -0.05) is 36.4 Å². The van der Waals surface area contributed by atoms with Crippen LogP contribution in [-0.4, -0.2) is 30.8 Å². The van der Waals surface area contributed by atoms with Gasteiger partial charge in [0.25, 0.3) is 0 Å². The lowest BCUT2D eigenvalue weighted by Gasteiger charge is -2.16. The number of nitrogens with zero attached hydrogens (tertiary/aromatic N) is 2. The Kier molecular flexibility index (Phi) is 7.22. The first-order chi connectivity index (χ1) is 14.3. The summed E-state index contributed by atoms with van der Waals surface area (Å²) in [6, 6.07) is 15.6. The van der Waals surface area contributed by atoms with Gasteiger partial charge in [0.2, 0.25) is 5.75 Å². The molecule has 0 unspecified atom stereocenters. The van der Waals surface area contributed by atoms with Crippen LogP contribution in [0, 0.1) is 0 Å². The van der Waals surface area contributed by atoms with E-state index in [2.05, 4.69) is 11.6 Å². The SMILES string of the molecule is C=CCCCCOc1c(OC)cc(-c2ccnc(-c3ccccc3)n2)cc1OC. The molecule has 0 saturated carbocycles. The van der Waals surface area contributed by atoms with Crippen LogP contribution in [0.4, 0.5) is 0 Å². The van der Waals surface area contributed by atoms with Crippen molar-refractivity contribution in [3.8, 4) is 39.9 Å². The Labute approximate surface area is 172 Å². The number of benzene rings is 2. The summed E-state index contributed by atoms with van der Waals surface area (Å²) in [7, 11) is 3.25. The molecule has 0 saturated heterocycles. The predicted molar refractivity (Wildman–Crippen MR) is 116 cm³/mol. The molecule has 0 aliphatic heterocycles. The standard InChI is InChI=1S/C24H26N2O3/c1-4-5-6-10-15-29-23-21(27-2)16-19(17-22(23)28-3)20-13-14-25-24(26-20)18-11-8-7-9-12-18/h4,7-9,11-14,16-17H,1,5-6,10,15H2,2-3H3. The van der Waals surface area contributed by atoms with Crippen LogP contribution >= 0.6 is 0 Å². The van der Waals surface area contributed by atoms with E-state index in [1.54, 1.807) is 20.4 Å². The minimum Gasteiger partial charge on any atom is -0.493 e. The highest BCUT2D eigenvalue weighted by molar-refractivity contribution is 5.70. The van der Waals surface area contributed by atoms with Crippen molar-refractivity contribution >= 4 is 0 Å². The second-order valence-electron chi connectivity index (χ2n) is 6.47. The first-order valence-corrected chi connectivity index (χ1v) is 9.65. The van der Waals surface area contributed by atoms with Gasteiger partial charge < -0.3 is 14.2 Å². The second-order valence-corrected chi connectivity index (χ2v) is 6.47. The van der Waals surface area contributed by atoms with Crippen LogP contribution in [0.2, 0.25) is 0 Å². The molecule has 29 heavy (non-hydrogen) atoms. The largest absolute Gasteiger partial charge is 0.493 e. The maximum atomic E-state index is 5.96. The Morgan fingerprint density at radius 3 is 2.31 bits per heavy atom. The third kappa shape index (κ3) is 5.13. The Hall–Kier alpha value is -3.34. The van der Waals surface area contributed by atoms with Crippen molar-refractivity contribution in [3.05, 3.63) is 67.4 Å². The van der Waals surface area contributed by atoms with Gasteiger partial charge in [0.15, 0.2) is 17.3 Å². The number of ether oxygens (including phenoxy) is 3. The van der Waals surface area contributed by atoms with Gasteiger partial charge in [0.05, 0.1) is 26.5 Å². The molecule has 0 spiro atoms. The third-order valence-corrected chi connectivity index (χ3v) is 4.49. The molecule has 5 nitrogen and oxygen atoms in total. The van der Waals surface area contributed by atoms with Gasteiger partial charge in [0.1, 0.15) is 0 Å². The molecule has 0 bridgehead atoms. The van der Waals surface area contributed by atoms with Crippen molar-refractivity contribution in [2.75, 3.05) is 20.8 Å². The van der Waals surface area contributed by atoms with Crippen molar-refractivity contribution in [2.24, 2.45) is 0 Å². The Morgan fingerprint density at radius 2 is 1.66 bits per heavy atom. The summed E-state index contributed by atoms with van der Waals surface area (Å²) in [5.74, 6) is 2.50. The average molecular weight is 390 g/mol. The number of hydrogen-bond acceptors (Lipinski definition) is 5. The maximum absolute atomic E-state index is 5.96. The zero-order valence-corrected chi connectivity index (χ0v) is 16.9. The highest BCUT2D eigenvalue weighted by Gasteiger charge is 2.16. The molecule has 2 aromatic carbocycles. The topological polar surface area (TPSA) is 53.5 Å². The highest BCUT2D eigenvalue weighted by atomic mass is 16.5. The molecule has 5 heteroatoms. The van der Waals surface area contributed by atoms with E-state index in [-0.39, 0.29) is 0 Å². The molecule has 0 atom stereocenters. The van der Waals surface area contributed by atoms with E-state index in [0.29, 0.717) is 29.7 Å². The fraction of sp³-hybridized carbons (Fsp3) is 0.250. The van der Waals surface area contributed by atoms with Crippen molar-refractivity contribution < 1.29 is 14.2 Å². The smallest absolute Gasteiger partial charge is 0.203 e. The van der Waals surface area contributed by atoms with E-state index in [9.17, 15) is 0 Å². The normalized spacial score (nSPS) is 10.4. The lowest BCUT2D eigenvalue weighted by atomic mass is 10.1. The molecule has 0 amide bonds. The fourth-order valence-electron chi connectivity index (χ4n) is 2.98. The van der Waals surface area contributed by atoms with Crippen molar-refractivity contribution in [1.82, 2.24) is 9.97 Å². The molecule has 0 aliphatic carbocycles. The highest BCUT2D eigenvalue weighted by Crippen LogP contribution is 2.41. The molecule has 3 rings (SSSR count). The Bertz CT molecular complexity index is 917. The van der Waals surface area contributed by atoms with E-state index in [4.69, 9.17) is 19.2 Å².